The summed E-state index contributed by atoms with van der Waals surface area (Å²) in [4.78, 5) is 64.4. The van der Waals surface area contributed by atoms with Crippen molar-refractivity contribution < 1.29 is 19.2 Å². The first-order valence-corrected chi connectivity index (χ1v) is 18.3. The third-order valence-electron chi connectivity index (χ3n) is 8.67. The number of fused-ring (bicyclic) bond motifs is 4. The molecule has 0 spiro atoms. The zero-order valence-corrected chi connectivity index (χ0v) is 30.0. The molecule has 4 amide bonds. The van der Waals surface area contributed by atoms with E-state index in [0.29, 0.717) is 68.2 Å². The number of carbonyl (C=O) groups excluding carboxylic acids is 4. The van der Waals surface area contributed by atoms with Gasteiger partial charge in [0.05, 0.1) is 17.6 Å². The van der Waals surface area contributed by atoms with Gasteiger partial charge in [-0.1, -0.05) is 57.0 Å². The van der Waals surface area contributed by atoms with E-state index in [1.807, 2.05) is 30.3 Å². The Morgan fingerprint density at radius 3 is 2.21 bits per heavy atom. The van der Waals surface area contributed by atoms with Crippen LogP contribution in [0, 0.1) is 5.92 Å². The molecule has 5 N–H and O–H groups in total. The highest BCUT2D eigenvalue weighted by atomic mass is 35.5. The lowest BCUT2D eigenvalue weighted by molar-refractivity contribution is -0.137. The molecule has 1 aromatic carbocycles. The average Bonchev–Trinajstić information content (AvgIpc) is 3.83. The van der Waals surface area contributed by atoms with E-state index in [0.717, 1.165) is 18.4 Å². The molecular formula is C34H46ClN7O4S2. The van der Waals surface area contributed by atoms with Crippen LogP contribution in [0.15, 0.2) is 41.1 Å². The van der Waals surface area contributed by atoms with Crippen LogP contribution in [0.4, 0.5) is 0 Å². The van der Waals surface area contributed by atoms with Gasteiger partial charge in [-0.05, 0) is 50.0 Å². The van der Waals surface area contributed by atoms with Crippen LogP contribution in [-0.2, 0) is 16.0 Å². The Morgan fingerprint density at radius 2 is 1.54 bits per heavy atom. The normalized spacial score (nSPS) is 21.0. The second kappa shape index (κ2) is 17.3. The molecule has 2 aliphatic rings. The summed E-state index contributed by atoms with van der Waals surface area (Å²) >= 11 is 2.67. The molecule has 2 atom stereocenters. The number of benzene rings is 1. The molecule has 4 bridgehead atoms. The Bertz CT molecular complexity index is 1540. The predicted octanol–water partition coefficient (Wildman–Crippen LogP) is 4.95. The van der Waals surface area contributed by atoms with Gasteiger partial charge in [0.25, 0.3) is 11.8 Å². The minimum absolute atomic E-state index is 0. The summed E-state index contributed by atoms with van der Waals surface area (Å²) in [6.07, 6.45) is 5.55. The first-order chi connectivity index (χ1) is 22.6. The third kappa shape index (κ3) is 9.83. The lowest BCUT2D eigenvalue weighted by Gasteiger charge is -2.32. The van der Waals surface area contributed by atoms with Crippen molar-refractivity contribution in [3.8, 4) is 0 Å². The molecule has 1 saturated carbocycles. The van der Waals surface area contributed by atoms with Crippen LogP contribution in [0.1, 0.15) is 114 Å². The minimum Gasteiger partial charge on any atom is -0.351 e. The van der Waals surface area contributed by atoms with E-state index in [2.05, 4.69) is 39.8 Å². The van der Waals surface area contributed by atoms with Gasteiger partial charge in [-0.3, -0.25) is 19.2 Å². The Kier molecular flexibility index (Phi) is 13.5. The highest BCUT2D eigenvalue weighted by Gasteiger charge is 2.39. The van der Waals surface area contributed by atoms with E-state index in [1.54, 1.807) is 15.7 Å². The molecule has 0 saturated heterocycles. The minimum atomic E-state index is -0.874. The van der Waals surface area contributed by atoms with E-state index >= 15 is 0 Å². The molecule has 48 heavy (non-hydrogen) atoms. The largest absolute Gasteiger partial charge is 0.351 e. The van der Waals surface area contributed by atoms with Crippen molar-refractivity contribution in [3.05, 3.63) is 68.1 Å². The summed E-state index contributed by atoms with van der Waals surface area (Å²) in [5.74, 6) is -0.599. The summed E-state index contributed by atoms with van der Waals surface area (Å²) in [5, 5.41) is 13.8. The van der Waals surface area contributed by atoms with Crippen molar-refractivity contribution in [1.29, 1.82) is 0 Å². The van der Waals surface area contributed by atoms with Gasteiger partial charge in [-0.2, -0.15) is 0 Å². The first kappa shape index (κ1) is 37.4. The number of thiazole rings is 2. The van der Waals surface area contributed by atoms with Crippen LogP contribution in [0.3, 0.4) is 0 Å². The number of hydrogen-bond donors (Lipinski definition) is 4. The summed E-state index contributed by atoms with van der Waals surface area (Å²) in [6, 6.07) is 8.97. The van der Waals surface area contributed by atoms with Crippen molar-refractivity contribution in [1.82, 2.24) is 30.8 Å². The average molecular weight is 716 g/mol. The quantitative estimate of drug-likeness (QED) is 0.291. The van der Waals surface area contributed by atoms with Crippen molar-refractivity contribution in [2.45, 2.75) is 89.3 Å². The van der Waals surface area contributed by atoms with Gasteiger partial charge >= 0.3 is 0 Å². The maximum atomic E-state index is 13.6. The lowest BCUT2D eigenvalue weighted by atomic mass is 9.97. The van der Waals surface area contributed by atoms with Crippen molar-refractivity contribution in [3.63, 3.8) is 0 Å². The highest BCUT2D eigenvalue weighted by molar-refractivity contribution is 7.10. The van der Waals surface area contributed by atoms with Gasteiger partial charge in [0.15, 0.2) is 0 Å². The summed E-state index contributed by atoms with van der Waals surface area (Å²) in [5.41, 5.74) is 7.23. The highest BCUT2D eigenvalue weighted by Crippen LogP contribution is 2.30. The number of aromatic nitrogens is 2. The standard InChI is InChI=1S/C34H45N7O4S2.ClH/c1-22(2)18-24-31-40-27(21-47-31)30(44)38-25(19-23-10-4-3-5-11-23)32-39-26(20-46-32)29(43)36-15-9-17-41(16-8-12-28(42)37-24)33(45)34(35)13-6-7-14-34;/h3-5,10-11,20-22,24-25H,6-9,12-19,35H2,1-2H3,(H,36,43)(H,37,42)(H,38,44);1H/t24?,25-;/m0./s1. The second-order valence-corrected chi connectivity index (χ2v) is 14.8. The molecule has 11 nitrogen and oxygen atoms in total. The zero-order chi connectivity index (χ0) is 33.4. The number of nitrogens with zero attached hydrogens (tertiary/aromatic N) is 3. The fourth-order valence-corrected chi connectivity index (χ4v) is 7.90. The smallest absolute Gasteiger partial charge is 0.271 e. The summed E-state index contributed by atoms with van der Waals surface area (Å²) in [7, 11) is 0. The van der Waals surface area contributed by atoms with Crippen molar-refractivity contribution >= 4 is 58.7 Å². The number of rotatable bonds is 5. The Morgan fingerprint density at radius 1 is 0.917 bits per heavy atom. The molecule has 3 heterocycles. The molecule has 0 radical (unpaired) electrons. The van der Waals surface area contributed by atoms with E-state index in [-0.39, 0.29) is 65.8 Å². The van der Waals surface area contributed by atoms with E-state index in [4.69, 9.17) is 5.73 Å². The molecule has 1 aliphatic heterocycles. The van der Waals surface area contributed by atoms with Crippen LogP contribution >= 0.6 is 35.1 Å². The number of halogens is 1. The fourth-order valence-electron chi connectivity index (χ4n) is 6.19. The maximum Gasteiger partial charge on any atom is 0.271 e. The van der Waals surface area contributed by atoms with E-state index in [9.17, 15) is 19.2 Å². The van der Waals surface area contributed by atoms with E-state index < -0.39 is 11.6 Å². The maximum absolute atomic E-state index is 13.6. The van der Waals surface area contributed by atoms with Crippen LogP contribution in [0.25, 0.3) is 0 Å². The third-order valence-corrected chi connectivity index (χ3v) is 10.6. The number of carbonyl (C=O) groups is 4. The topological polar surface area (TPSA) is 159 Å². The molecule has 1 fully saturated rings. The molecule has 3 aromatic rings. The molecule has 260 valence electrons. The number of hydrogen-bond acceptors (Lipinski definition) is 9. The zero-order valence-electron chi connectivity index (χ0n) is 27.5. The molecule has 1 aliphatic carbocycles. The molecule has 2 aromatic heterocycles. The van der Waals surface area contributed by atoms with Crippen LogP contribution in [-0.4, -0.2) is 63.7 Å². The first-order valence-electron chi connectivity index (χ1n) is 16.5. The number of amides is 4. The molecule has 14 heteroatoms. The molecule has 1 unspecified atom stereocenters. The summed E-state index contributed by atoms with van der Waals surface area (Å²) in [6.45, 7) is 5.33. The monoisotopic (exact) mass is 715 g/mol. The van der Waals surface area contributed by atoms with Crippen LogP contribution < -0.4 is 21.7 Å². The number of nitrogens with two attached hydrogens (primary N) is 1. The van der Waals surface area contributed by atoms with Gasteiger partial charge in [-0.15, -0.1) is 35.1 Å². The molecule has 5 rings (SSSR count). The van der Waals surface area contributed by atoms with Crippen LogP contribution in [0.2, 0.25) is 0 Å². The Labute approximate surface area is 296 Å². The van der Waals surface area contributed by atoms with Gasteiger partial charge in [-0.25, -0.2) is 9.97 Å². The van der Waals surface area contributed by atoms with Crippen LogP contribution in [0.5, 0.6) is 0 Å². The van der Waals surface area contributed by atoms with Gasteiger partial charge in [0, 0.05) is 36.8 Å². The van der Waals surface area contributed by atoms with Gasteiger partial charge < -0.3 is 26.6 Å². The van der Waals surface area contributed by atoms with E-state index in [1.165, 1.54) is 22.7 Å². The lowest BCUT2D eigenvalue weighted by Crippen LogP contribution is -2.54. The van der Waals surface area contributed by atoms with Crippen molar-refractivity contribution in [2.75, 3.05) is 19.6 Å². The van der Waals surface area contributed by atoms with Gasteiger partial charge in [0.1, 0.15) is 21.4 Å². The SMILES string of the molecule is CC(C)CC1NC(=O)CCCN(C(=O)C2(N)CCCC2)CCCNC(=O)c2csc(n2)[C@H](Cc2ccccc2)NC(=O)c2csc1n2.Cl. The Balaban J connectivity index is 0.00000520. The van der Waals surface area contributed by atoms with Gasteiger partial charge in [0.2, 0.25) is 11.8 Å². The van der Waals surface area contributed by atoms with Crippen molar-refractivity contribution in [2.24, 2.45) is 11.7 Å². The fraction of sp³-hybridized carbons (Fsp3) is 0.529. The predicted molar refractivity (Wildman–Crippen MR) is 190 cm³/mol. The number of nitrogens with one attached hydrogen (secondary N) is 3. The molecular weight excluding hydrogens is 670 g/mol. The second-order valence-electron chi connectivity index (χ2n) is 13.0. The summed E-state index contributed by atoms with van der Waals surface area (Å²) < 4.78 is 0. The Hall–Kier alpha value is -3.39.